The van der Waals surface area contributed by atoms with E-state index in [0.29, 0.717) is 40.6 Å². The summed E-state index contributed by atoms with van der Waals surface area (Å²) >= 11 is 0. The molecule has 1 aliphatic heterocycles. The Morgan fingerprint density at radius 2 is 1.89 bits per heavy atom. The molecule has 2 fully saturated rings. The molecule has 2 aromatic heterocycles. The Morgan fingerprint density at radius 3 is 2.57 bits per heavy atom. The molecule has 1 atom stereocenters. The number of pyridine rings is 1. The molecule has 8 heteroatoms. The molecule has 198 valence electrons. The maximum atomic E-state index is 13.5. The van der Waals surface area contributed by atoms with E-state index in [1.165, 1.54) is 20.0 Å². The standard InChI is InChI=1S/C29H38N4O4/c1-17-13-26(36-4)24(28(34)31-17)14-30-29(35)27-19(3)33(25-8-6-5-7-23(25)27)18(2)20-9-11-21(12-10-20)32-22-15-37-16-22/h5-8,13,18,20-22,32H,9-12,14-16H2,1-4H3,(H,30,35)(H,31,34)/t18-,20?,21?/m1/s1. The van der Waals surface area contributed by atoms with Gasteiger partial charge in [0, 0.05) is 34.4 Å². The van der Waals surface area contributed by atoms with Gasteiger partial charge >= 0.3 is 0 Å². The van der Waals surface area contributed by atoms with Gasteiger partial charge in [0.15, 0.2) is 0 Å². The second-order valence-corrected chi connectivity index (χ2v) is 10.6. The number of nitrogens with zero attached hydrogens (tertiary/aromatic N) is 1. The smallest absolute Gasteiger partial charge is 0.256 e. The average Bonchev–Trinajstić information content (AvgIpc) is 3.16. The summed E-state index contributed by atoms with van der Waals surface area (Å²) in [6.45, 7) is 7.89. The van der Waals surface area contributed by atoms with Gasteiger partial charge in [0.25, 0.3) is 11.5 Å². The number of fused-ring (bicyclic) bond motifs is 1. The summed E-state index contributed by atoms with van der Waals surface area (Å²) in [5, 5.41) is 7.66. The second kappa shape index (κ2) is 10.7. The molecule has 3 heterocycles. The van der Waals surface area contributed by atoms with E-state index in [2.05, 4.69) is 33.2 Å². The molecule has 0 bridgehead atoms. The number of ether oxygens (including phenoxy) is 2. The van der Waals surface area contributed by atoms with Gasteiger partial charge in [-0.05, 0) is 64.5 Å². The summed E-state index contributed by atoms with van der Waals surface area (Å²) in [5.74, 6) is 0.845. The maximum absolute atomic E-state index is 13.5. The first kappa shape index (κ1) is 25.5. The number of carbonyl (C=O) groups excluding carboxylic acids is 1. The minimum absolute atomic E-state index is 0.0924. The van der Waals surface area contributed by atoms with Gasteiger partial charge in [-0.2, -0.15) is 0 Å². The highest BCUT2D eigenvalue weighted by molar-refractivity contribution is 6.08. The molecule has 1 amide bonds. The van der Waals surface area contributed by atoms with Gasteiger partial charge in [0.2, 0.25) is 0 Å². The predicted octanol–water partition coefficient (Wildman–Crippen LogP) is 3.99. The number of hydrogen-bond acceptors (Lipinski definition) is 5. The Hall–Kier alpha value is -3.10. The number of aromatic amines is 1. The van der Waals surface area contributed by atoms with Crippen LogP contribution in [0.15, 0.2) is 35.1 Å². The van der Waals surface area contributed by atoms with E-state index < -0.39 is 0 Å². The fourth-order valence-corrected chi connectivity index (χ4v) is 6.14. The first-order valence-electron chi connectivity index (χ1n) is 13.4. The van der Waals surface area contributed by atoms with Gasteiger partial charge in [-0.1, -0.05) is 18.2 Å². The summed E-state index contributed by atoms with van der Waals surface area (Å²) in [6.07, 6.45) is 4.67. The lowest BCUT2D eigenvalue weighted by Crippen LogP contribution is -2.51. The molecule has 1 aromatic carbocycles. The second-order valence-electron chi connectivity index (χ2n) is 10.6. The quantitative estimate of drug-likeness (QED) is 0.429. The van der Waals surface area contributed by atoms with Crippen LogP contribution in [-0.2, 0) is 11.3 Å². The molecule has 0 spiro atoms. The first-order chi connectivity index (χ1) is 17.9. The number of hydrogen-bond donors (Lipinski definition) is 3. The molecule has 3 N–H and O–H groups in total. The number of rotatable bonds is 8. The van der Waals surface area contributed by atoms with Crippen LogP contribution in [0.4, 0.5) is 0 Å². The van der Waals surface area contributed by atoms with Crippen molar-refractivity contribution in [1.82, 2.24) is 20.2 Å². The number of carbonyl (C=O) groups is 1. The van der Waals surface area contributed by atoms with Crippen LogP contribution in [0.3, 0.4) is 0 Å². The van der Waals surface area contributed by atoms with Gasteiger partial charge in [0.1, 0.15) is 5.75 Å². The molecule has 1 saturated heterocycles. The number of aromatic nitrogens is 2. The molecule has 0 unspecified atom stereocenters. The normalized spacial score (nSPS) is 21.0. The third kappa shape index (κ3) is 5.05. The molecule has 5 rings (SSSR count). The van der Waals surface area contributed by atoms with Crippen LogP contribution in [0.2, 0.25) is 0 Å². The molecule has 0 radical (unpaired) electrons. The lowest BCUT2D eigenvalue weighted by molar-refractivity contribution is -0.0130. The highest BCUT2D eigenvalue weighted by Gasteiger charge is 2.31. The molecule has 2 aliphatic rings. The largest absolute Gasteiger partial charge is 0.496 e. The van der Waals surface area contributed by atoms with Crippen molar-refractivity contribution in [2.24, 2.45) is 5.92 Å². The monoisotopic (exact) mass is 506 g/mol. The summed E-state index contributed by atoms with van der Waals surface area (Å²) in [7, 11) is 1.53. The lowest BCUT2D eigenvalue weighted by Gasteiger charge is -2.37. The van der Waals surface area contributed by atoms with E-state index in [0.717, 1.165) is 42.7 Å². The zero-order valence-electron chi connectivity index (χ0n) is 22.2. The van der Waals surface area contributed by atoms with Crippen molar-refractivity contribution < 1.29 is 14.3 Å². The van der Waals surface area contributed by atoms with Crippen molar-refractivity contribution >= 4 is 16.8 Å². The van der Waals surface area contributed by atoms with E-state index in [9.17, 15) is 9.59 Å². The highest BCUT2D eigenvalue weighted by Crippen LogP contribution is 2.38. The van der Waals surface area contributed by atoms with Gasteiger partial charge in [-0.15, -0.1) is 0 Å². The van der Waals surface area contributed by atoms with Crippen molar-refractivity contribution in [2.45, 2.75) is 71.1 Å². The minimum Gasteiger partial charge on any atom is -0.496 e. The summed E-state index contributed by atoms with van der Waals surface area (Å²) in [5.41, 5.74) is 3.59. The van der Waals surface area contributed by atoms with E-state index >= 15 is 0 Å². The van der Waals surface area contributed by atoms with Crippen LogP contribution in [0.1, 0.15) is 66.0 Å². The molecule has 1 saturated carbocycles. The summed E-state index contributed by atoms with van der Waals surface area (Å²) in [4.78, 5) is 28.8. The zero-order chi connectivity index (χ0) is 26.1. The lowest BCUT2D eigenvalue weighted by atomic mass is 9.81. The number of benzene rings is 1. The SMILES string of the molecule is COc1cc(C)[nH]c(=O)c1CNC(=O)c1c(C)n([C@H](C)C2CCC(NC3COC3)CC2)c2ccccc12. The number of amides is 1. The molecule has 3 aromatic rings. The molecule has 1 aliphatic carbocycles. The fourth-order valence-electron chi connectivity index (χ4n) is 6.14. The minimum atomic E-state index is -0.250. The Morgan fingerprint density at radius 1 is 1.16 bits per heavy atom. The number of nitrogens with one attached hydrogen (secondary N) is 3. The van der Waals surface area contributed by atoms with Crippen LogP contribution < -0.4 is 20.9 Å². The number of methoxy groups -OCH3 is 1. The maximum Gasteiger partial charge on any atom is 0.256 e. The van der Waals surface area contributed by atoms with Gasteiger partial charge in [0.05, 0.1) is 44.0 Å². The van der Waals surface area contributed by atoms with Crippen LogP contribution in [-0.4, -0.2) is 47.9 Å². The highest BCUT2D eigenvalue weighted by atomic mass is 16.5. The average molecular weight is 507 g/mol. The molecule has 37 heavy (non-hydrogen) atoms. The third-order valence-corrected chi connectivity index (χ3v) is 8.23. The van der Waals surface area contributed by atoms with Gasteiger partial charge in [-0.3, -0.25) is 9.59 Å². The number of H-pyrrole nitrogens is 1. The molecular formula is C29H38N4O4. The van der Waals surface area contributed by atoms with E-state index in [1.807, 2.05) is 25.1 Å². The van der Waals surface area contributed by atoms with Crippen molar-refractivity contribution in [2.75, 3.05) is 20.3 Å². The van der Waals surface area contributed by atoms with Crippen molar-refractivity contribution in [3.05, 3.63) is 63.2 Å². The number of aryl methyl sites for hydroxylation is 1. The van der Waals surface area contributed by atoms with Crippen molar-refractivity contribution in [3.8, 4) is 5.75 Å². The molecule has 8 nitrogen and oxygen atoms in total. The Kier molecular flexibility index (Phi) is 7.40. The van der Waals surface area contributed by atoms with Crippen LogP contribution >= 0.6 is 0 Å². The van der Waals surface area contributed by atoms with Crippen molar-refractivity contribution in [3.63, 3.8) is 0 Å². The van der Waals surface area contributed by atoms with E-state index in [4.69, 9.17) is 9.47 Å². The first-order valence-corrected chi connectivity index (χ1v) is 13.4. The van der Waals surface area contributed by atoms with E-state index in [1.54, 1.807) is 13.0 Å². The fraction of sp³-hybridized carbons (Fsp3) is 0.517. The van der Waals surface area contributed by atoms with Gasteiger partial charge in [-0.25, -0.2) is 0 Å². The van der Waals surface area contributed by atoms with E-state index in [-0.39, 0.29) is 24.1 Å². The predicted molar refractivity (Wildman–Crippen MR) is 144 cm³/mol. The van der Waals surface area contributed by atoms with Crippen molar-refractivity contribution in [1.29, 1.82) is 0 Å². The summed E-state index contributed by atoms with van der Waals surface area (Å²) < 4.78 is 13.1. The topological polar surface area (TPSA) is 97.4 Å². The summed E-state index contributed by atoms with van der Waals surface area (Å²) in [6, 6.07) is 11.3. The number of para-hydroxylation sites is 1. The van der Waals surface area contributed by atoms with Crippen LogP contribution in [0.25, 0.3) is 10.9 Å². The van der Waals surface area contributed by atoms with Crippen LogP contribution in [0, 0.1) is 19.8 Å². The zero-order valence-corrected chi connectivity index (χ0v) is 22.2. The Labute approximate surface area is 217 Å². The Bertz CT molecular complexity index is 1330. The van der Waals surface area contributed by atoms with Crippen LogP contribution in [0.5, 0.6) is 5.75 Å². The third-order valence-electron chi connectivity index (χ3n) is 8.23. The Balaban J connectivity index is 1.36. The van der Waals surface area contributed by atoms with Gasteiger partial charge < -0.3 is 29.7 Å². The molecular weight excluding hydrogens is 468 g/mol.